The molecule has 0 heterocycles. The molecule has 1 aliphatic rings. The molecule has 0 spiro atoms. The summed E-state index contributed by atoms with van der Waals surface area (Å²) in [6.07, 6.45) is 26.0. The van der Waals surface area contributed by atoms with Gasteiger partial charge in [0.25, 0.3) is 0 Å². The van der Waals surface area contributed by atoms with Crippen molar-refractivity contribution in [3.05, 3.63) is 52.6 Å². The zero-order valence-electron chi connectivity index (χ0n) is 24.3. The monoisotopic (exact) mass is 494 g/mol. The molecule has 0 saturated heterocycles. The van der Waals surface area contributed by atoms with E-state index in [0.29, 0.717) is 5.04 Å². The Balaban J connectivity index is 1.56. The fourth-order valence-electron chi connectivity index (χ4n) is 6.39. The van der Waals surface area contributed by atoms with Crippen molar-refractivity contribution in [2.45, 2.75) is 155 Å². The van der Waals surface area contributed by atoms with Crippen LogP contribution in [0.3, 0.4) is 0 Å². The van der Waals surface area contributed by atoms with Gasteiger partial charge in [-0.25, -0.2) is 0 Å². The van der Waals surface area contributed by atoms with Crippen molar-refractivity contribution in [1.29, 1.82) is 0 Å². The summed E-state index contributed by atoms with van der Waals surface area (Å²) in [6, 6.07) is 11.4. The molecule has 35 heavy (non-hydrogen) atoms. The third-order valence-corrected chi connectivity index (χ3v) is 12.1. The maximum Gasteiger partial charge on any atom is 0.0709 e. The quantitative estimate of drug-likeness (QED) is 0.125. The Bertz CT molecular complexity index is 730. The van der Waals surface area contributed by atoms with Gasteiger partial charge in [-0.05, 0) is 45.3 Å². The first kappa shape index (κ1) is 30.1. The van der Waals surface area contributed by atoms with Crippen molar-refractivity contribution in [3.8, 4) is 0 Å². The number of unbranched alkanes of at least 4 members (excludes halogenated alkanes) is 16. The number of hydrogen-bond acceptors (Lipinski definition) is 0. The molecule has 0 aromatic heterocycles. The van der Waals surface area contributed by atoms with Gasteiger partial charge in [-0.15, -0.1) is 0 Å². The van der Waals surface area contributed by atoms with Gasteiger partial charge in [-0.3, -0.25) is 0 Å². The van der Waals surface area contributed by atoms with Gasteiger partial charge in [0.05, 0.1) is 9.52 Å². The molecule has 198 valence electrons. The fraction of sp³-hybridized carbons (Fsp3) is 0.706. The van der Waals surface area contributed by atoms with Crippen molar-refractivity contribution in [1.82, 2.24) is 0 Å². The van der Waals surface area contributed by atoms with E-state index < -0.39 is 0 Å². The highest BCUT2D eigenvalue weighted by Crippen LogP contribution is 2.55. The molecule has 2 rings (SSSR count). The Morgan fingerprint density at radius 2 is 0.886 bits per heavy atom. The Morgan fingerprint density at radius 3 is 1.29 bits per heavy atom. The van der Waals surface area contributed by atoms with Crippen LogP contribution < -0.4 is 5.19 Å². The zero-order chi connectivity index (χ0) is 25.4. The second-order valence-electron chi connectivity index (χ2n) is 11.7. The predicted molar refractivity (Wildman–Crippen MR) is 163 cm³/mol. The predicted octanol–water partition coefficient (Wildman–Crippen LogP) is 10.4. The second kappa shape index (κ2) is 17.4. The van der Waals surface area contributed by atoms with E-state index >= 15 is 0 Å². The molecule has 0 atom stereocenters. The Morgan fingerprint density at radius 1 is 0.514 bits per heavy atom. The molecule has 0 fully saturated rings. The smallest absolute Gasteiger partial charge is 0.0656 e. The van der Waals surface area contributed by atoms with Crippen LogP contribution in [0.15, 0.2) is 52.6 Å². The lowest BCUT2D eigenvalue weighted by Crippen LogP contribution is -2.31. The summed E-state index contributed by atoms with van der Waals surface area (Å²) in [4.78, 5) is 0. The Labute approximate surface area is 222 Å². The lowest BCUT2D eigenvalue weighted by Gasteiger charge is -2.34. The SMILES string of the molecule is CCCCCCCCCCCCCCCCCCCC1([SiH2]c2ccccc2)C(C)=C(C)C(C)=C1C. The molecule has 0 radical (unpaired) electrons. The highest BCUT2D eigenvalue weighted by Gasteiger charge is 2.40. The van der Waals surface area contributed by atoms with E-state index in [-0.39, 0.29) is 9.52 Å². The van der Waals surface area contributed by atoms with E-state index in [1.165, 1.54) is 116 Å². The van der Waals surface area contributed by atoms with Gasteiger partial charge >= 0.3 is 0 Å². The van der Waals surface area contributed by atoms with Crippen molar-refractivity contribution in [2.75, 3.05) is 0 Å². The first-order chi connectivity index (χ1) is 17.0. The zero-order valence-corrected chi connectivity index (χ0v) is 25.7. The first-order valence-electron chi connectivity index (χ1n) is 15.4. The highest BCUT2D eigenvalue weighted by molar-refractivity contribution is 6.59. The highest BCUT2D eigenvalue weighted by atomic mass is 28.2. The molecule has 0 unspecified atom stereocenters. The number of rotatable bonds is 20. The molecular weight excluding hydrogens is 436 g/mol. The summed E-state index contributed by atoms with van der Waals surface area (Å²) < 4.78 is 0. The Kier molecular flexibility index (Phi) is 15.0. The summed E-state index contributed by atoms with van der Waals surface area (Å²) in [5.74, 6) is 0. The minimum atomic E-state index is -0.383. The summed E-state index contributed by atoms with van der Waals surface area (Å²) in [5, 5.41) is 2.02. The lowest BCUT2D eigenvalue weighted by molar-refractivity contribution is 0.518. The third-order valence-electron chi connectivity index (χ3n) is 9.18. The van der Waals surface area contributed by atoms with Gasteiger partial charge in [-0.1, -0.05) is 163 Å². The summed E-state index contributed by atoms with van der Waals surface area (Å²) >= 11 is 0. The third kappa shape index (κ3) is 10.1. The molecule has 1 aromatic rings. The van der Waals surface area contributed by atoms with Gasteiger partial charge in [0.1, 0.15) is 0 Å². The van der Waals surface area contributed by atoms with Crippen LogP contribution in [-0.2, 0) is 0 Å². The van der Waals surface area contributed by atoms with Gasteiger partial charge < -0.3 is 0 Å². The average molecular weight is 495 g/mol. The molecule has 0 amide bonds. The molecule has 0 saturated carbocycles. The van der Waals surface area contributed by atoms with Crippen molar-refractivity contribution >= 4 is 14.7 Å². The Hall–Kier alpha value is -1.08. The topological polar surface area (TPSA) is 0 Å². The molecule has 1 aromatic carbocycles. The summed E-state index contributed by atoms with van der Waals surface area (Å²) in [7, 11) is -0.383. The molecule has 0 aliphatic heterocycles. The maximum atomic E-state index is 2.44. The number of benzene rings is 1. The molecule has 0 nitrogen and oxygen atoms in total. The van der Waals surface area contributed by atoms with E-state index in [1.54, 1.807) is 27.5 Å². The van der Waals surface area contributed by atoms with Gasteiger partial charge in [-0.2, -0.15) is 0 Å². The normalized spacial score (nSPS) is 15.8. The number of allylic oxidation sites excluding steroid dienone is 4. The first-order valence-corrected chi connectivity index (χ1v) is 16.8. The van der Waals surface area contributed by atoms with Crippen LogP contribution in [0.5, 0.6) is 0 Å². The van der Waals surface area contributed by atoms with Crippen molar-refractivity contribution in [2.24, 2.45) is 0 Å². The fourth-order valence-corrected chi connectivity index (χ4v) is 9.08. The van der Waals surface area contributed by atoms with E-state index in [0.717, 1.165) is 0 Å². The van der Waals surface area contributed by atoms with Gasteiger partial charge in [0, 0.05) is 5.04 Å². The van der Waals surface area contributed by atoms with E-state index in [1.807, 2.05) is 0 Å². The summed E-state index contributed by atoms with van der Waals surface area (Å²) in [5.41, 5.74) is 6.55. The summed E-state index contributed by atoms with van der Waals surface area (Å²) in [6.45, 7) is 11.9. The van der Waals surface area contributed by atoms with E-state index in [4.69, 9.17) is 0 Å². The minimum Gasteiger partial charge on any atom is -0.0656 e. The van der Waals surface area contributed by atoms with Crippen molar-refractivity contribution < 1.29 is 0 Å². The lowest BCUT2D eigenvalue weighted by atomic mass is 9.89. The molecule has 1 heteroatoms. The van der Waals surface area contributed by atoms with Crippen LogP contribution in [-0.4, -0.2) is 9.52 Å². The largest absolute Gasteiger partial charge is 0.0709 e. The molecule has 0 N–H and O–H groups in total. The van der Waals surface area contributed by atoms with Gasteiger partial charge in [0.2, 0.25) is 0 Å². The van der Waals surface area contributed by atoms with Crippen LogP contribution in [0, 0.1) is 0 Å². The van der Waals surface area contributed by atoms with Crippen LogP contribution >= 0.6 is 0 Å². The van der Waals surface area contributed by atoms with Gasteiger partial charge in [0.15, 0.2) is 0 Å². The second-order valence-corrected chi connectivity index (χ2v) is 14.0. The minimum absolute atomic E-state index is 0.383. The number of hydrogen-bond donors (Lipinski definition) is 0. The standard InChI is InChI=1S/C34H58Si/c1-6-7-8-9-10-11-12-13-14-15-16-17-18-19-20-21-25-28-34(35-33-26-23-22-24-27-33)31(4)29(2)30(3)32(34)5/h22-24,26-27H,6-21,25,28,35H2,1-5H3. The molecule has 1 aliphatic carbocycles. The van der Waals surface area contributed by atoms with Crippen LogP contribution in [0.4, 0.5) is 0 Å². The maximum absolute atomic E-state index is 2.44. The van der Waals surface area contributed by atoms with E-state index in [9.17, 15) is 0 Å². The van der Waals surface area contributed by atoms with E-state index in [2.05, 4.69) is 65.0 Å². The van der Waals surface area contributed by atoms with Crippen LogP contribution in [0.25, 0.3) is 0 Å². The molecular formula is C34H58Si. The average Bonchev–Trinajstić information content (AvgIpc) is 3.02. The van der Waals surface area contributed by atoms with Crippen molar-refractivity contribution in [3.63, 3.8) is 0 Å². The molecule has 0 bridgehead atoms. The van der Waals surface area contributed by atoms with Crippen LogP contribution in [0.2, 0.25) is 5.04 Å². The van der Waals surface area contributed by atoms with Crippen LogP contribution in [0.1, 0.15) is 150 Å².